The van der Waals surface area contributed by atoms with Gasteiger partial charge < -0.3 is 0 Å². The molecule has 4 aromatic rings. The van der Waals surface area contributed by atoms with Crippen molar-refractivity contribution in [3.63, 3.8) is 0 Å². The lowest BCUT2D eigenvalue weighted by molar-refractivity contribution is 1.71. The van der Waals surface area contributed by atoms with Crippen molar-refractivity contribution >= 4 is 32.3 Å². The molecule has 4 aromatic carbocycles. The topological polar surface area (TPSA) is 0 Å². The fourth-order valence-electron chi connectivity index (χ4n) is 2.76. The van der Waals surface area contributed by atoms with Crippen molar-refractivity contribution in [3.05, 3.63) is 78.7 Å². The Balaban J connectivity index is 2.19. The van der Waals surface area contributed by atoms with E-state index in [0.717, 1.165) is 16.3 Å². The van der Waals surface area contributed by atoms with Crippen LogP contribution < -0.4 is 0 Å². The van der Waals surface area contributed by atoms with Gasteiger partial charge in [0.15, 0.2) is 0 Å². The predicted octanol–water partition coefficient (Wildman–Crippen LogP) is 4.88. The molecule has 0 saturated heterocycles. The first-order valence-electron chi connectivity index (χ1n) is 6.55. The zero-order valence-corrected chi connectivity index (χ0v) is 10.8. The first-order chi connectivity index (χ1) is 9.85. The van der Waals surface area contributed by atoms with Gasteiger partial charge in [0, 0.05) is 5.56 Å². The van der Waals surface area contributed by atoms with Crippen molar-refractivity contribution < 1.29 is 0 Å². The molecule has 0 atom stereocenters. The lowest BCUT2D eigenvalue weighted by atomic mass is 9.97. The molecule has 4 rings (SSSR count). The van der Waals surface area contributed by atoms with Crippen molar-refractivity contribution in [1.82, 2.24) is 0 Å². The molecule has 0 bridgehead atoms. The summed E-state index contributed by atoms with van der Waals surface area (Å²) in [7, 11) is 0. The van der Waals surface area contributed by atoms with Gasteiger partial charge in [-0.25, -0.2) is 0 Å². The first kappa shape index (κ1) is 11.1. The first-order valence-corrected chi connectivity index (χ1v) is 6.55. The zero-order chi connectivity index (χ0) is 13.5. The molecule has 0 fully saturated rings. The summed E-state index contributed by atoms with van der Waals surface area (Å²) in [5.41, 5.74) is 0.720. The molecule has 2 radical (unpaired) electrons. The minimum atomic E-state index is 0.720. The average molecular weight is 250 g/mol. The largest absolute Gasteiger partial charge is 0.0616 e. The van der Waals surface area contributed by atoms with Crippen LogP contribution in [0.4, 0.5) is 0 Å². The van der Waals surface area contributed by atoms with Gasteiger partial charge in [0.25, 0.3) is 0 Å². The highest BCUT2D eigenvalue weighted by Gasteiger charge is 2.03. The molecule has 0 N–H and O–H groups in total. The molecule has 0 aliphatic carbocycles. The van der Waals surface area contributed by atoms with Crippen LogP contribution >= 0.6 is 0 Å². The Morgan fingerprint density at radius 2 is 1.40 bits per heavy atom. The van der Waals surface area contributed by atoms with Crippen LogP contribution in [0.25, 0.3) is 32.3 Å². The molecule has 0 aliphatic heterocycles. The van der Waals surface area contributed by atoms with Crippen LogP contribution in [0, 0.1) is 18.4 Å². The van der Waals surface area contributed by atoms with Crippen molar-refractivity contribution in [1.29, 1.82) is 0 Å². The monoisotopic (exact) mass is 250 g/mol. The maximum Gasteiger partial charge on any atom is 0.0413 e. The number of fused-ring (bicyclic) bond motifs is 3. The predicted molar refractivity (Wildman–Crippen MR) is 84.0 cm³/mol. The second kappa shape index (κ2) is 4.11. The third-order valence-corrected chi connectivity index (χ3v) is 3.76. The van der Waals surface area contributed by atoms with Crippen LogP contribution in [0.15, 0.2) is 60.7 Å². The highest BCUT2D eigenvalue weighted by molar-refractivity contribution is 6.05. The van der Waals surface area contributed by atoms with E-state index in [9.17, 15) is 0 Å². The number of hydrogen-bond donors (Lipinski definition) is 0. The molecule has 0 aliphatic rings. The summed E-state index contributed by atoms with van der Waals surface area (Å²) in [6, 6.07) is 24.0. The fraction of sp³-hybridized carbons (Fsp3) is 0. The van der Waals surface area contributed by atoms with Gasteiger partial charge in [-0.15, -0.1) is 0 Å². The van der Waals surface area contributed by atoms with Gasteiger partial charge in [0.05, 0.1) is 0 Å². The molecule has 0 unspecified atom stereocenters. The maximum atomic E-state index is 7.38. The lowest BCUT2D eigenvalue weighted by Crippen LogP contribution is -1.82. The highest BCUT2D eigenvalue weighted by Crippen LogP contribution is 2.28. The fourth-order valence-corrected chi connectivity index (χ4v) is 2.76. The van der Waals surface area contributed by atoms with Crippen LogP contribution in [-0.2, 0) is 0 Å². The Labute approximate surface area is 117 Å². The van der Waals surface area contributed by atoms with Gasteiger partial charge in [0.1, 0.15) is 0 Å². The minimum absolute atomic E-state index is 0.720. The summed E-state index contributed by atoms with van der Waals surface area (Å²) in [4.78, 5) is 0. The zero-order valence-electron chi connectivity index (χ0n) is 10.8. The molecule has 0 heteroatoms. The van der Waals surface area contributed by atoms with Gasteiger partial charge in [0.2, 0.25) is 0 Å². The summed E-state index contributed by atoms with van der Waals surface area (Å²) in [6.07, 6.45) is 7.38. The molecular weight excluding hydrogens is 240 g/mol. The smallest absolute Gasteiger partial charge is 0.0413 e. The third-order valence-electron chi connectivity index (χ3n) is 3.76. The normalized spacial score (nSPS) is 10.9. The van der Waals surface area contributed by atoms with E-state index in [1.165, 1.54) is 21.5 Å². The molecule has 90 valence electrons. The van der Waals surface area contributed by atoms with Gasteiger partial charge in [-0.05, 0) is 69.1 Å². The van der Waals surface area contributed by atoms with Crippen molar-refractivity contribution in [2.24, 2.45) is 0 Å². The summed E-state index contributed by atoms with van der Waals surface area (Å²) in [5.74, 6) is 2.47. The SMILES string of the molecule is [C]#Cc1[c]ccc2cc3cc4ccccc4cc3cc12. The molecule has 0 spiro atoms. The third kappa shape index (κ3) is 1.57. The molecule has 0 heterocycles. The highest BCUT2D eigenvalue weighted by atomic mass is 14.1. The van der Waals surface area contributed by atoms with Crippen LogP contribution in [0.1, 0.15) is 5.56 Å². The van der Waals surface area contributed by atoms with Crippen LogP contribution in [0.2, 0.25) is 0 Å². The van der Waals surface area contributed by atoms with Crippen molar-refractivity contribution in [3.8, 4) is 5.92 Å². The van der Waals surface area contributed by atoms with Crippen molar-refractivity contribution in [2.75, 3.05) is 0 Å². The summed E-state index contributed by atoms with van der Waals surface area (Å²) >= 11 is 0. The van der Waals surface area contributed by atoms with Gasteiger partial charge >= 0.3 is 0 Å². The molecule has 0 saturated carbocycles. The molecule has 0 nitrogen and oxygen atoms in total. The maximum absolute atomic E-state index is 7.38. The molecule has 20 heavy (non-hydrogen) atoms. The van der Waals surface area contributed by atoms with E-state index in [1.807, 2.05) is 12.1 Å². The van der Waals surface area contributed by atoms with E-state index >= 15 is 0 Å². The van der Waals surface area contributed by atoms with Gasteiger partial charge in [-0.3, -0.25) is 0 Å². The lowest BCUT2D eigenvalue weighted by Gasteiger charge is -2.06. The Morgan fingerprint density at radius 3 is 2.10 bits per heavy atom. The van der Waals surface area contributed by atoms with E-state index in [0.29, 0.717) is 0 Å². The summed E-state index contributed by atoms with van der Waals surface area (Å²) in [5, 5.41) is 7.05. The Morgan fingerprint density at radius 1 is 0.750 bits per heavy atom. The van der Waals surface area contributed by atoms with E-state index in [4.69, 9.17) is 6.42 Å². The Hall–Kier alpha value is -2.78. The number of benzene rings is 4. The van der Waals surface area contributed by atoms with E-state index in [1.54, 1.807) is 0 Å². The van der Waals surface area contributed by atoms with Gasteiger partial charge in [-0.2, -0.15) is 0 Å². The van der Waals surface area contributed by atoms with E-state index < -0.39 is 0 Å². The Bertz CT molecular complexity index is 1000. The minimum Gasteiger partial charge on any atom is -0.0616 e. The second-order valence-electron chi connectivity index (χ2n) is 4.96. The molecular formula is C20H10. The quantitative estimate of drug-likeness (QED) is 0.308. The molecule has 0 aromatic heterocycles. The van der Waals surface area contributed by atoms with E-state index in [2.05, 4.69) is 60.5 Å². The van der Waals surface area contributed by atoms with E-state index in [-0.39, 0.29) is 0 Å². The standard InChI is InChI=1S/C20H10/c1-2-14-8-5-9-17-12-18-10-15-6-3-4-7-16(15)11-19(18)13-20(14)17/h3-7,9-13H. The summed E-state index contributed by atoms with van der Waals surface area (Å²) < 4.78 is 0. The van der Waals surface area contributed by atoms with Gasteiger partial charge in [-0.1, -0.05) is 42.3 Å². The molecule has 0 amide bonds. The summed E-state index contributed by atoms with van der Waals surface area (Å²) in [6.45, 7) is 0. The number of rotatable bonds is 0. The average Bonchev–Trinajstić information content (AvgIpc) is 2.50. The number of hydrogen-bond acceptors (Lipinski definition) is 0. The van der Waals surface area contributed by atoms with Crippen LogP contribution in [0.3, 0.4) is 0 Å². The van der Waals surface area contributed by atoms with Crippen molar-refractivity contribution in [2.45, 2.75) is 0 Å². The Kier molecular flexibility index (Phi) is 2.28. The van der Waals surface area contributed by atoms with Crippen LogP contribution in [0.5, 0.6) is 0 Å². The van der Waals surface area contributed by atoms with Crippen LogP contribution in [-0.4, -0.2) is 0 Å². The second-order valence-corrected chi connectivity index (χ2v) is 4.96.